The van der Waals surface area contributed by atoms with Crippen molar-refractivity contribution in [3.05, 3.63) is 11.9 Å². The molecule has 2 saturated heterocycles. The number of nitrogens with zero attached hydrogens (tertiary/aromatic N) is 4. The highest BCUT2D eigenvalue weighted by atomic mass is 15.9. The molecule has 0 spiro atoms. The molecule has 0 unspecified atom stereocenters. The zero-order valence-corrected chi connectivity index (χ0v) is 31.4. The van der Waals surface area contributed by atoms with Gasteiger partial charge in [0.25, 0.3) is 0 Å². The summed E-state index contributed by atoms with van der Waals surface area (Å²) in [7, 11) is 4.57. The maximum absolute atomic E-state index is 5.56. The van der Waals surface area contributed by atoms with Gasteiger partial charge in [-0.15, -0.1) is 0 Å². The molecule has 3 heterocycles. The van der Waals surface area contributed by atoms with Gasteiger partial charge in [-0.25, -0.2) is 5.43 Å². The average molecular weight is 648 g/mol. The van der Waals surface area contributed by atoms with E-state index in [0.717, 1.165) is 89.7 Å². The van der Waals surface area contributed by atoms with Crippen LogP contribution < -0.4 is 38.0 Å². The number of hydrogen-bond acceptors (Lipinski definition) is 10. The molecule has 0 atom stereocenters. The summed E-state index contributed by atoms with van der Waals surface area (Å²) in [5.74, 6) is 3.25. The molecule has 0 aliphatic carbocycles. The van der Waals surface area contributed by atoms with Gasteiger partial charge in [-0.1, -0.05) is 5.23 Å². The minimum atomic E-state index is 0.210. The molecule has 8 N–H and O–H groups in total. The molecule has 268 valence electrons. The Morgan fingerprint density at radius 3 is 1.74 bits per heavy atom. The molecule has 11 nitrogen and oxygen atoms in total. The normalized spacial score (nSPS) is 24.8. The Hall–Kier alpha value is -1.47. The van der Waals surface area contributed by atoms with Crippen molar-refractivity contribution in [3.8, 4) is 0 Å². The first-order valence-electron chi connectivity index (χ1n) is 18.2. The summed E-state index contributed by atoms with van der Waals surface area (Å²) < 4.78 is 0. The minimum Gasteiger partial charge on any atom is -0.371 e. The molecule has 3 aliphatic heterocycles. The summed E-state index contributed by atoms with van der Waals surface area (Å²) in [6, 6.07) is 0. The van der Waals surface area contributed by atoms with Crippen molar-refractivity contribution in [2.45, 2.75) is 129 Å². The molecule has 3 rings (SSSR count). The minimum absolute atomic E-state index is 0.210. The topological polar surface area (TPSA) is 120 Å². The Morgan fingerprint density at radius 1 is 0.717 bits per heavy atom. The van der Waals surface area contributed by atoms with E-state index < -0.39 is 0 Å². The van der Waals surface area contributed by atoms with Crippen LogP contribution in [0.2, 0.25) is 0 Å². The molecule has 0 aromatic carbocycles. The standard InChI is InChI=1S/C35H73N11/c1-32(2)24-28(25-33(3,4)44(32)9)13-19-40-31-23-30(39-18-12-17-38-22-21-37-16-11-15-36)42-46(43-31)41-20-14-29-26-34(5,6)45(10)35(7,8)27-29/h23,28-29,37-38,40-41,43H,11-22,24-27,36H2,1-10H3,(H,39,42). The number of aliphatic imine (C=N–C) groups is 1. The lowest BCUT2D eigenvalue weighted by atomic mass is 9.73. The number of hydrogen-bond donors (Lipinski definition) is 7. The highest BCUT2D eigenvalue weighted by Gasteiger charge is 2.43. The summed E-state index contributed by atoms with van der Waals surface area (Å²) >= 11 is 0. The van der Waals surface area contributed by atoms with Crippen LogP contribution in [0.5, 0.6) is 0 Å². The lowest BCUT2D eigenvalue weighted by Gasteiger charge is -2.54. The molecule has 0 amide bonds. The van der Waals surface area contributed by atoms with Crippen molar-refractivity contribution in [1.82, 2.24) is 47.3 Å². The van der Waals surface area contributed by atoms with E-state index in [9.17, 15) is 0 Å². The molecule has 2 fully saturated rings. The predicted molar refractivity (Wildman–Crippen MR) is 195 cm³/mol. The molecule has 0 aromatic heterocycles. The first-order valence-corrected chi connectivity index (χ1v) is 18.2. The van der Waals surface area contributed by atoms with Crippen molar-refractivity contribution in [1.29, 1.82) is 0 Å². The summed E-state index contributed by atoms with van der Waals surface area (Å²) in [5.41, 5.74) is 17.0. The zero-order valence-electron chi connectivity index (χ0n) is 31.4. The van der Waals surface area contributed by atoms with Crippen molar-refractivity contribution >= 4 is 5.84 Å². The molecule has 0 aromatic rings. The second kappa shape index (κ2) is 17.3. The molecular formula is C35H73N11. The number of amidine groups is 1. The van der Waals surface area contributed by atoms with E-state index in [0.29, 0.717) is 11.8 Å². The predicted octanol–water partition coefficient (Wildman–Crippen LogP) is 3.14. The van der Waals surface area contributed by atoms with Crippen LogP contribution >= 0.6 is 0 Å². The van der Waals surface area contributed by atoms with E-state index in [-0.39, 0.29) is 22.2 Å². The van der Waals surface area contributed by atoms with Crippen LogP contribution in [0, 0.1) is 11.8 Å². The van der Waals surface area contributed by atoms with Gasteiger partial charge in [-0.05, 0) is 152 Å². The van der Waals surface area contributed by atoms with Gasteiger partial charge in [0, 0.05) is 61.0 Å². The maximum Gasteiger partial charge on any atom is 0.141 e. The van der Waals surface area contributed by atoms with Gasteiger partial charge in [-0.2, -0.15) is 0 Å². The summed E-state index contributed by atoms with van der Waals surface area (Å²) in [6.07, 6.45) is 11.3. The third-order valence-electron chi connectivity index (χ3n) is 11.0. The van der Waals surface area contributed by atoms with Crippen LogP contribution in [0.15, 0.2) is 16.9 Å². The second-order valence-electron chi connectivity index (χ2n) is 16.7. The second-order valence-corrected chi connectivity index (χ2v) is 16.7. The van der Waals surface area contributed by atoms with Gasteiger partial charge in [-0.3, -0.25) is 25.6 Å². The van der Waals surface area contributed by atoms with Crippen LogP contribution in [0.1, 0.15) is 107 Å². The van der Waals surface area contributed by atoms with Gasteiger partial charge in [0.2, 0.25) is 0 Å². The Kier molecular flexibility index (Phi) is 14.6. The third kappa shape index (κ3) is 11.9. The molecule has 46 heavy (non-hydrogen) atoms. The molecule has 0 saturated carbocycles. The van der Waals surface area contributed by atoms with E-state index in [4.69, 9.17) is 10.7 Å². The molecule has 0 radical (unpaired) electrons. The average Bonchev–Trinajstić information content (AvgIpc) is 2.95. The number of piperidine rings is 2. The Morgan fingerprint density at radius 2 is 1.22 bits per heavy atom. The SMILES string of the molecule is CN1C(C)(C)CC(CCNC2=CC(=NCCCNCCNCCCN)NN(NCCC3CC(C)(C)N(C)C(C)(C)C3)N2)CC1(C)C. The fraction of sp³-hybridized carbons (Fsp3) is 0.914. The smallest absolute Gasteiger partial charge is 0.141 e. The molecule has 0 bridgehead atoms. The Bertz CT molecular complexity index is 938. The fourth-order valence-corrected chi connectivity index (χ4v) is 8.13. The maximum atomic E-state index is 5.56. The van der Waals surface area contributed by atoms with Gasteiger partial charge in [0.1, 0.15) is 11.7 Å². The monoisotopic (exact) mass is 648 g/mol. The van der Waals surface area contributed by atoms with Gasteiger partial charge in [0.05, 0.1) is 0 Å². The highest BCUT2D eigenvalue weighted by molar-refractivity contribution is 5.93. The zero-order chi connectivity index (χ0) is 34.0. The van der Waals surface area contributed by atoms with Crippen LogP contribution in [0.4, 0.5) is 0 Å². The lowest BCUT2D eigenvalue weighted by molar-refractivity contribution is -0.0334. The van der Waals surface area contributed by atoms with Crippen molar-refractivity contribution < 1.29 is 0 Å². The quantitative estimate of drug-likeness (QED) is 0.112. The van der Waals surface area contributed by atoms with E-state index in [1.54, 1.807) is 0 Å². The lowest BCUT2D eigenvalue weighted by Crippen LogP contribution is -2.62. The van der Waals surface area contributed by atoms with E-state index in [1.807, 2.05) is 5.23 Å². The van der Waals surface area contributed by atoms with E-state index in [1.165, 1.54) is 25.7 Å². The molecule has 3 aliphatic rings. The first-order chi connectivity index (χ1) is 21.6. The Labute approximate surface area is 282 Å². The Balaban J connectivity index is 1.52. The van der Waals surface area contributed by atoms with Gasteiger partial charge in [0.15, 0.2) is 0 Å². The summed E-state index contributed by atoms with van der Waals surface area (Å²) in [5, 5.41) is 12.5. The van der Waals surface area contributed by atoms with E-state index >= 15 is 0 Å². The number of likely N-dealkylation sites (tertiary alicyclic amines) is 2. The number of nitrogens with two attached hydrogens (primary N) is 1. The van der Waals surface area contributed by atoms with Crippen LogP contribution in [0.3, 0.4) is 0 Å². The van der Waals surface area contributed by atoms with Crippen LogP contribution in [-0.4, -0.2) is 109 Å². The number of rotatable bonds is 18. The van der Waals surface area contributed by atoms with Gasteiger partial charge < -0.3 is 21.7 Å². The highest BCUT2D eigenvalue weighted by Crippen LogP contribution is 2.42. The summed E-state index contributed by atoms with van der Waals surface area (Å²) in [6.45, 7) is 26.3. The first kappa shape index (κ1) is 39.0. The molecular weight excluding hydrogens is 574 g/mol. The van der Waals surface area contributed by atoms with Crippen molar-refractivity contribution in [2.24, 2.45) is 22.6 Å². The largest absolute Gasteiger partial charge is 0.371 e. The van der Waals surface area contributed by atoms with Crippen molar-refractivity contribution in [3.63, 3.8) is 0 Å². The molecule has 11 heteroatoms. The van der Waals surface area contributed by atoms with Crippen LogP contribution in [0.25, 0.3) is 0 Å². The number of nitrogens with one attached hydrogen (secondary N) is 6. The van der Waals surface area contributed by atoms with Crippen LogP contribution in [-0.2, 0) is 0 Å². The van der Waals surface area contributed by atoms with E-state index in [2.05, 4.69) is 118 Å². The number of hydrazine groups is 3. The van der Waals surface area contributed by atoms with Gasteiger partial charge >= 0.3 is 0 Å². The third-order valence-corrected chi connectivity index (χ3v) is 11.0. The fourth-order valence-electron chi connectivity index (χ4n) is 8.13. The van der Waals surface area contributed by atoms with Crippen molar-refractivity contribution in [2.75, 3.05) is 66.5 Å². The summed E-state index contributed by atoms with van der Waals surface area (Å²) in [4.78, 5) is 10.0.